The van der Waals surface area contributed by atoms with Crippen LogP contribution in [0.15, 0.2) is 45.8 Å². The van der Waals surface area contributed by atoms with E-state index in [4.69, 9.17) is 11.6 Å². The normalized spacial score (nSPS) is 11.2. The zero-order valence-electron chi connectivity index (χ0n) is 15.4. The molecule has 0 spiro atoms. The molecule has 2 aromatic carbocycles. The molecule has 0 saturated carbocycles. The summed E-state index contributed by atoms with van der Waals surface area (Å²) in [5.74, 6) is -0.961. The highest BCUT2D eigenvalue weighted by atomic mass is 79.9. The number of rotatable bonds is 6. The highest BCUT2D eigenvalue weighted by Crippen LogP contribution is 2.22. The van der Waals surface area contributed by atoms with Crippen LogP contribution in [-0.2, 0) is 14.8 Å². The molecule has 7 nitrogen and oxygen atoms in total. The van der Waals surface area contributed by atoms with Crippen LogP contribution in [0.2, 0.25) is 5.02 Å². The van der Waals surface area contributed by atoms with Gasteiger partial charge in [-0.25, -0.2) is 13.1 Å². The maximum Gasteiger partial charge on any atom is 0.255 e. The summed E-state index contributed by atoms with van der Waals surface area (Å²) in [6.45, 7) is 1.62. The summed E-state index contributed by atoms with van der Waals surface area (Å²) >= 11 is 9.42. The number of hydrogen-bond acceptors (Lipinski definition) is 4. The van der Waals surface area contributed by atoms with Gasteiger partial charge < -0.3 is 10.2 Å². The van der Waals surface area contributed by atoms with Gasteiger partial charge in [-0.15, -0.1) is 0 Å². The van der Waals surface area contributed by atoms with E-state index >= 15 is 0 Å². The molecule has 2 amide bonds. The Morgan fingerprint density at radius 2 is 1.86 bits per heavy atom. The quantitative estimate of drug-likeness (QED) is 0.653. The number of sulfonamides is 1. The third-order valence-electron chi connectivity index (χ3n) is 3.94. The van der Waals surface area contributed by atoms with Gasteiger partial charge in [0.25, 0.3) is 5.91 Å². The molecule has 0 heterocycles. The predicted octanol–water partition coefficient (Wildman–Crippen LogP) is 3.03. The number of benzene rings is 2. The number of aryl methyl sites for hydroxylation is 1. The van der Waals surface area contributed by atoms with Crippen molar-refractivity contribution >= 4 is 55.1 Å². The van der Waals surface area contributed by atoms with E-state index in [1.807, 2.05) is 13.0 Å². The van der Waals surface area contributed by atoms with Crippen LogP contribution in [0.5, 0.6) is 0 Å². The second-order valence-corrected chi connectivity index (χ2v) is 9.23. The topological polar surface area (TPSA) is 95.6 Å². The Kier molecular flexibility index (Phi) is 7.22. The Balaban J connectivity index is 2.16. The van der Waals surface area contributed by atoms with Crippen molar-refractivity contribution in [1.29, 1.82) is 0 Å². The van der Waals surface area contributed by atoms with Crippen molar-refractivity contribution < 1.29 is 18.0 Å². The van der Waals surface area contributed by atoms with Crippen LogP contribution in [0.3, 0.4) is 0 Å². The zero-order valence-corrected chi connectivity index (χ0v) is 18.6. The maximum absolute atomic E-state index is 12.7. The number of halogens is 2. The molecule has 0 fully saturated rings. The van der Waals surface area contributed by atoms with Crippen LogP contribution in [0.1, 0.15) is 15.9 Å². The van der Waals surface area contributed by atoms with Crippen molar-refractivity contribution in [3.63, 3.8) is 0 Å². The minimum Gasteiger partial charge on any atom is -0.332 e. The first kappa shape index (κ1) is 22.4. The van der Waals surface area contributed by atoms with E-state index in [1.54, 1.807) is 12.1 Å². The first-order valence-corrected chi connectivity index (χ1v) is 10.7. The van der Waals surface area contributed by atoms with Crippen molar-refractivity contribution in [2.24, 2.45) is 0 Å². The number of carbonyl (C=O) groups is 2. The van der Waals surface area contributed by atoms with Gasteiger partial charge in [-0.05, 0) is 55.9 Å². The largest absolute Gasteiger partial charge is 0.332 e. The van der Waals surface area contributed by atoms with Crippen LogP contribution in [0.25, 0.3) is 0 Å². The zero-order chi connectivity index (χ0) is 21.1. The van der Waals surface area contributed by atoms with Gasteiger partial charge in [-0.1, -0.05) is 27.5 Å². The fraction of sp³-hybridized carbons (Fsp3) is 0.222. The van der Waals surface area contributed by atoms with Gasteiger partial charge in [0.15, 0.2) is 0 Å². The maximum atomic E-state index is 12.7. The van der Waals surface area contributed by atoms with Crippen molar-refractivity contribution in [2.75, 3.05) is 26.0 Å². The van der Waals surface area contributed by atoms with Crippen LogP contribution >= 0.6 is 27.5 Å². The molecule has 0 atom stereocenters. The summed E-state index contributed by atoms with van der Waals surface area (Å²) < 4.78 is 27.0. The monoisotopic (exact) mass is 487 g/mol. The third kappa shape index (κ3) is 5.32. The molecule has 10 heteroatoms. The summed E-state index contributed by atoms with van der Waals surface area (Å²) in [4.78, 5) is 26.0. The lowest BCUT2D eigenvalue weighted by Crippen LogP contribution is -2.35. The molecule has 2 aromatic rings. The van der Waals surface area contributed by atoms with E-state index in [0.29, 0.717) is 5.69 Å². The lowest BCUT2D eigenvalue weighted by Gasteiger charge is -2.18. The van der Waals surface area contributed by atoms with E-state index < -0.39 is 21.8 Å². The minimum absolute atomic E-state index is 0.00638. The summed E-state index contributed by atoms with van der Waals surface area (Å²) in [6.07, 6.45) is 0. The van der Waals surface area contributed by atoms with Gasteiger partial charge in [0.1, 0.15) is 0 Å². The number of hydrogen-bond donors (Lipinski definition) is 2. The van der Waals surface area contributed by atoms with Gasteiger partial charge >= 0.3 is 0 Å². The number of amides is 2. The lowest BCUT2D eigenvalue weighted by molar-refractivity contribution is -0.116. The Morgan fingerprint density at radius 3 is 2.46 bits per heavy atom. The summed E-state index contributed by atoms with van der Waals surface area (Å²) in [6, 6.07) is 9.22. The van der Waals surface area contributed by atoms with Crippen LogP contribution in [-0.4, -0.2) is 45.8 Å². The van der Waals surface area contributed by atoms with Crippen LogP contribution in [0.4, 0.5) is 5.69 Å². The Bertz CT molecular complexity index is 1030. The highest BCUT2D eigenvalue weighted by molar-refractivity contribution is 9.10. The molecule has 28 heavy (non-hydrogen) atoms. The van der Waals surface area contributed by atoms with Crippen molar-refractivity contribution in [2.45, 2.75) is 11.8 Å². The fourth-order valence-corrected chi connectivity index (χ4v) is 3.83. The summed E-state index contributed by atoms with van der Waals surface area (Å²) in [5.41, 5.74) is 1.49. The molecule has 0 bridgehead atoms. The van der Waals surface area contributed by atoms with E-state index in [-0.39, 0.29) is 22.0 Å². The van der Waals surface area contributed by atoms with Crippen LogP contribution in [0, 0.1) is 6.92 Å². The average Bonchev–Trinajstić information content (AvgIpc) is 2.63. The number of likely N-dealkylation sites (N-methyl/N-ethyl adjacent to an activating group) is 1. The highest BCUT2D eigenvalue weighted by Gasteiger charge is 2.21. The van der Waals surface area contributed by atoms with E-state index in [1.165, 1.54) is 37.2 Å². The van der Waals surface area contributed by atoms with Crippen molar-refractivity contribution in [3.8, 4) is 0 Å². The van der Waals surface area contributed by atoms with E-state index in [9.17, 15) is 18.0 Å². The number of anilines is 1. The molecule has 0 saturated heterocycles. The third-order valence-corrected chi connectivity index (χ3v) is 6.17. The average molecular weight is 489 g/mol. The molecule has 0 radical (unpaired) electrons. The Labute approximate surface area is 177 Å². The lowest BCUT2D eigenvalue weighted by atomic mass is 10.2. The first-order chi connectivity index (χ1) is 13.0. The molecule has 0 aliphatic rings. The van der Waals surface area contributed by atoms with Gasteiger partial charge in [-0.2, -0.15) is 0 Å². The molecule has 2 rings (SSSR count). The molecule has 0 aliphatic heterocycles. The molecular formula is C18H19BrClN3O4S. The van der Waals surface area contributed by atoms with Crippen LogP contribution < -0.4 is 10.0 Å². The summed E-state index contributed by atoms with van der Waals surface area (Å²) in [5, 5.41) is 2.84. The predicted molar refractivity (Wildman–Crippen MR) is 112 cm³/mol. The fourth-order valence-electron chi connectivity index (χ4n) is 2.40. The Hall–Kier alpha value is -1.94. The number of carbonyl (C=O) groups excluding carboxylic acids is 2. The van der Waals surface area contributed by atoms with Gasteiger partial charge in [0.05, 0.1) is 22.0 Å². The van der Waals surface area contributed by atoms with E-state index in [0.717, 1.165) is 10.0 Å². The van der Waals surface area contributed by atoms with Gasteiger partial charge in [-0.3, -0.25) is 9.59 Å². The summed E-state index contributed by atoms with van der Waals surface area (Å²) in [7, 11) is -1.02. The minimum atomic E-state index is -3.73. The molecule has 0 unspecified atom stereocenters. The molecule has 0 aromatic heterocycles. The van der Waals surface area contributed by atoms with Crippen molar-refractivity contribution in [1.82, 2.24) is 9.62 Å². The Morgan fingerprint density at radius 1 is 1.18 bits per heavy atom. The molecule has 150 valence electrons. The number of nitrogens with zero attached hydrogens (tertiary/aromatic N) is 1. The van der Waals surface area contributed by atoms with Gasteiger partial charge in [0, 0.05) is 17.2 Å². The second kappa shape index (κ2) is 9.04. The standard InChI is InChI=1S/C18H19BrClN3O4S/c1-11-8-12(19)4-7-16(11)22-17(24)10-23(3)18(25)14-9-13(5-6-15(14)20)28(26,27)21-2/h4-9,21H,10H2,1-3H3,(H,22,24). The molecular weight excluding hydrogens is 470 g/mol. The van der Waals surface area contributed by atoms with E-state index in [2.05, 4.69) is 26.0 Å². The molecule has 2 N–H and O–H groups in total. The van der Waals surface area contributed by atoms with Gasteiger partial charge in [0.2, 0.25) is 15.9 Å². The number of nitrogens with one attached hydrogen (secondary N) is 2. The first-order valence-electron chi connectivity index (χ1n) is 8.09. The molecule has 0 aliphatic carbocycles. The smallest absolute Gasteiger partial charge is 0.255 e. The SMILES string of the molecule is CNS(=O)(=O)c1ccc(Cl)c(C(=O)N(C)CC(=O)Nc2ccc(Br)cc2C)c1. The second-order valence-electron chi connectivity index (χ2n) is 6.02. The van der Waals surface area contributed by atoms with Crippen molar-refractivity contribution in [3.05, 3.63) is 57.0 Å².